The number of para-hydroxylation sites is 2. The molecule has 0 unspecified atom stereocenters. The summed E-state index contributed by atoms with van der Waals surface area (Å²) in [6.45, 7) is 6.78. The van der Waals surface area contributed by atoms with Crippen LogP contribution in [0.1, 0.15) is 29.5 Å². The van der Waals surface area contributed by atoms with Crippen LogP contribution < -0.4 is 5.32 Å². The predicted octanol–water partition coefficient (Wildman–Crippen LogP) is 3.44. The molecule has 0 atom stereocenters. The number of aromatic nitrogens is 3. The molecule has 0 saturated heterocycles. The third-order valence-electron chi connectivity index (χ3n) is 4.29. The van der Waals surface area contributed by atoms with E-state index in [-0.39, 0.29) is 12.6 Å². The van der Waals surface area contributed by atoms with Gasteiger partial charge in [0, 0.05) is 25.9 Å². The minimum Gasteiger partial charge on any atom is -0.460 e. The molecular formula is C21H26N4O3. The normalized spacial score (nSPS) is 10.9. The standard InChI is InChI=1S/C21H26N4O3/c1-3-12-27-13-14-28-21(26)17-8-9-22-20(15-17)23-10-11-25-16(2)24-18-6-4-5-7-19(18)25/h4-9,15H,3,10-14H2,1-2H3,(H,22,23). The fraction of sp³-hybridized carbons (Fsp3) is 0.381. The molecule has 0 aliphatic heterocycles. The summed E-state index contributed by atoms with van der Waals surface area (Å²) in [5.41, 5.74) is 2.57. The van der Waals surface area contributed by atoms with E-state index in [0.717, 1.165) is 29.8 Å². The van der Waals surface area contributed by atoms with E-state index in [1.165, 1.54) is 0 Å². The van der Waals surface area contributed by atoms with E-state index in [2.05, 4.69) is 25.9 Å². The number of carbonyl (C=O) groups is 1. The first-order valence-electron chi connectivity index (χ1n) is 9.55. The van der Waals surface area contributed by atoms with Gasteiger partial charge >= 0.3 is 5.97 Å². The smallest absolute Gasteiger partial charge is 0.338 e. The van der Waals surface area contributed by atoms with Crippen molar-refractivity contribution in [3.63, 3.8) is 0 Å². The fourth-order valence-electron chi connectivity index (χ4n) is 2.95. The second kappa shape index (κ2) is 9.85. The van der Waals surface area contributed by atoms with Gasteiger partial charge in [-0.05, 0) is 37.6 Å². The van der Waals surface area contributed by atoms with E-state index in [1.807, 2.05) is 32.0 Å². The molecule has 2 aromatic heterocycles. The highest BCUT2D eigenvalue weighted by Gasteiger charge is 2.09. The van der Waals surface area contributed by atoms with Crippen LogP contribution in [0.3, 0.4) is 0 Å². The number of rotatable bonds is 10. The largest absolute Gasteiger partial charge is 0.460 e. The average Bonchev–Trinajstić information content (AvgIpc) is 3.03. The van der Waals surface area contributed by atoms with Crippen LogP contribution in [0.5, 0.6) is 0 Å². The Bertz CT molecular complexity index is 923. The lowest BCUT2D eigenvalue weighted by Gasteiger charge is -2.10. The van der Waals surface area contributed by atoms with Crippen molar-refractivity contribution >= 4 is 22.8 Å². The highest BCUT2D eigenvalue weighted by Crippen LogP contribution is 2.15. The molecule has 28 heavy (non-hydrogen) atoms. The molecule has 0 aliphatic rings. The van der Waals surface area contributed by atoms with Gasteiger partial charge < -0.3 is 19.4 Å². The van der Waals surface area contributed by atoms with Gasteiger partial charge in [0.05, 0.1) is 23.2 Å². The first-order chi connectivity index (χ1) is 13.7. The molecule has 0 aliphatic carbocycles. The number of nitrogens with zero attached hydrogens (tertiary/aromatic N) is 3. The van der Waals surface area contributed by atoms with Crippen molar-refractivity contribution in [3.05, 3.63) is 54.0 Å². The third kappa shape index (κ3) is 5.07. The molecule has 2 heterocycles. The first kappa shape index (κ1) is 19.8. The van der Waals surface area contributed by atoms with Gasteiger partial charge in [-0.25, -0.2) is 14.8 Å². The molecule has 3 aromatic rings. The Kier molecular flexibility index (Phi) is 6.97. The lowest BCUT2D eigenvalue weighted by molar-refractivity contribution is 0.0318. The van der Waals surface area contributed by atoms with Crippen LogP contribution in [-0.4, -0.2) is 46.9 Å². The lowest BCUT2D eigenvalue weighted by Crippen LogP contribution is -2.14. The monoisotopic (exact) mass is 382 g/mol. The number of hydrogen-bond acceptors (Lipinski definition) is 6. The highest BCUT2D eigenvalue weighted by atomic mass is 16.6. The van der Waals surface area contributed by atoms with Gasteiger partial charge in [0.25, 0.3) is 0 Å². The Balaban J connectivity index is 1.53. The van der Waals surface area contributed by atoms with Crippen molar-refractivity contribution in [3.8, 4) is 0 Å². The van der Waals surface area contributed by atoms with Crippen LogP contribution >= 0.6 is 0 Å². The Hall–Kier alpha value is -2.93. The van der Waals surface area contributed by atoms with E-state index in [4.69, 9.17) is 9.47 Å². The van der Waals surface area contributed by atoms with Gasteiger partial charge in [0.2, 0.25) is 0 Å². The van der Waals surface area contributed by atoms with E-state index >= 15 is 0 Å². The number of pyridine rings is 1. The molecule has 7 nitrogen and oxygen atoms in total. The zero-order valence-electron chi connectivity index (χ0n) is 16.4. The molecule has 0 radical (unpaired) electrons. The van der Waals surface area contributed by atoms with Crippen LogP contribution in [0.4, 0.5) is 5.82 Å². The molecule has 0 saturated carbocycles. The fourth-order valence-corrected chi connectivity index (χ4v) is 2.95. The zero-order valence-corrected chi connectivity index (χ0v) is 16.4. The molecule has 0 fully saturated rings. The lowest BCUT2D eigenvalue weighted by atomic mass is 10.2. The first-order valence-corrected chi connectivity index (χ1v) is 9.55. The van der Waals surface area contributed by atoms with E-state index in [0.29, 0.717) is 31.1 Å². The molecule has 1 N–H and O–H groups in total. The van der Waals surface area contributed by atoms with Crippen LogP contribution in [-0.2, 0) is 16.0 Å². The van der Waals surface area contributed by atoms with E-state index < -0.39 is 0 Å². The van der Waals surface area contributed by atoms with E-state index in [1.54, 1.807) is 18.3 Å². The van der Waals surface area contributed by atoms with Gasteiger partial charge in [-0.15, -0.1) is 0 Å². The summed E-state index contributed by atoms with van der Waals surface area (Å²) >= 11 is 0. The zero-order chi connectivity index (χ0) is 19.8. The Morgan fingerprint density at radius 1 is 1.18 bits per heavy atom. The topological polar surface area (TPSA) is 78.3 Å². The maximum Gasteiger partial charge on any atom is 0.338 e. The number of benzene rings is 1. The number of fused-ring (bicyclic) bond motifs is 1. The Morgan fingerprint density at radius 2 is 2.04 bits per heavy atom. The van der Waals surface area contributed by atoms with E-state index in [9.17, 15) is 4.79 Å². The minimum absolute atomic E-state index is 0.247. The summed E-state index contributed by atoms with van der Waals surface area (Å²) in [6, 6.07) is 11.4. The second-order valence-electron chi connectivity index (χ2n) is 6.40. The number of aryl methyl sites for hydroxylation is 1. The number of carbonyl (C=O) groups excluding carboxylic acids is 1. The number of imidazole rings is 1. The van der Waals surface area contributed by atoms with Crippen molar-refractivity contribution in [1.29, 1.82) is 0 Å². The van der Waals surface area contributed by atoms with Crippen molar-refractivity contribution in [2.45, 2.75) is 26.8 Å². The molecule has 0 bridgehead atoms. The van der Waals surface area contributed by atoms with Gasteiger partial charge in [0.1, 0.15) is 18.2 Å². The van der Waals surface area contributed by atoms with Crippen molar-refractivity contribution in [2.24, 2.45) is 0 Å². The van der Waals surface area contributed by atoms with Crippen LogP contribution in [0.25, 0.3) is 11.0 Å². The molecule has 0 amide bonds. The van der Waals surface area contributed by atoms with Gasteiger partial charge in [0.15, 0.2) is 0 Å². The third-order valence-corrected chi connectivity index (χ3v) is 4.29. The minimum atomic E-state index is -0.373. The van der Waals surface area contributed by atoms with Crippen LogP contribution in [0.15, 0.2) is 42.6 Å². The summed E-state index contributed by atoms with van der Waals surface area (Å²) in [4.78, 5) is 21.0. The molecule has 3 rings (SSSR count). The summed E-state index contributed by atoms with van der Waals surface area (Å²) < 4.78 is 12.7. The summed E-state index contributed by atoms with van der Waals surface area (Å²) in [6.07, 6.45) is 2.55. The van der Waals surface area contributed by atoms with Crippen LogP contribution in [0.2, 0.25) is 0 Å². The quantitative estimate of drug-likeness (QED) is 0.427. The number of hydrogen-bond donors (Lipinski definition) is 1. The maximum absolute atomic E-state index is 12.1. The summed E-state index contributed by atoms with van der Waals surface area (Å²) in [5.74, 6) is 1.24. The molecule has 1 aromatic carbocycles. The summed E-state index contributed by atoms with van der Waals surface area (Å²) in [7, 11) is 0. The number of esters is 1. The molecule has 0 spiro atoms. The SMILES string of the molecule is CCCOCCOC(=O)c1ccnc(NCCn2c(C)nc3ccccc32)c1. The number of ether oxygens (including phenoxy) is 2. The van der Waals surface area contributed by atoms with Gasteiger partial charge in [-0.2, -0.15) is 0 Å². The van der Waals surface area contributed by atoms with Crippen molar-refractivity contribution < 1.29 is 14.3 Å². The van der Waals surface area contributed by atoms with Crippen molar-refractivity contribution in [2.75, 3.05) is 31.7 Å². The maximum atomic E-state index is 12.1. The van der Waals surface area contributed by atoms with Crippen molar-refractivity contribution in [1.82, 2.24) is 14.5 Å². The second-order valence-corrected chi connectivity index (χ2v) is 6.40. The van der Waals surface area contributed by atoms with Gasteiger partial charge in [-0.3, -0.25) is 0 Å². The van der Waals surface area contributed by atoms with Gasteiger partial charge in [-0.1, -0.05) is 19.1 Å². The Morgan fingerprint density at radius 3 is 2.89 bits per heavy atom. The average molecular weight is 382 g/mol. The Labute approximate surface area is 164 Å². The predicted molar refractivity (Wildman–Crippen MR) is 109 cm³/mol. The van der Waals surface area contributed by atoms with Crippen LogP contribution in [0, 0.1) is 6.92 Å². The highest BCUT2D eigenvalue weighted by molar-refractivity contribution is 5.90. The number of anilines is 1. The molecule has 148 valence electrons. The molecule has 7 heteroatoms. The number of nitrogens with one attached hydrogen (secondary N) is 1. The summed E-state index contributed by atoms with van der Waals surface area (Å²) in [5, 5.41) is 3.26. The molecular weight excluding hydrogens is 356 g/mol.